The maximum Gasteiger partial charge on any atom is 0.410 e. The van der Waals surface area contributed by atoms with Gasteiger partial charge in [0, 0.05) is 31.6 Å². The number of anilines is 1. The minimum absolute atomic E-state index is 0.0220. The van der Waals surface area contributed by atoms with E-state index in [9.17, 15) is 14.7 Å². The minimum Gasteiger partial charge on any atom is -0.490 e. The highest BCUT2D eigenvalue weighted by Gasteiger charge is 2.27. The van der Waals surface area contributed by atoms with Crippen LogP contribution in [0.5, 0.6) is 5.75 Å². The topological polar surface area (TPSA) is 110 Å². The fraction of sp³-hybridized carbons (Fsp3) is 0.407. The highest BCUT2D eigenvalue weighted by Crippen LogP contribution is 2.25. The predicted molar refractivity (Wildman–Crippen MR) is 139 cm³/mol. The average molecular weight is 506 g/mol. The number of likely N-dealkylation sites (tertiary alicyclic amines) is 1. The van der Waals surface area contributed by atoms with Gasteiger partial charge in [0.05, 0.1) is 24.2 Å². The Balaban J connectivity index is 1.33. The van der Waals surface area contributed by atoms with E-state index in [1.165, 1.54) is 0 Å². The van der Waals surface area contributed by atoms with Crippen molar-refractivity contribution in [2.75, 3.05) is 18.4 Å². The van der Waals surface area contributed by atoms with Gasteiger partial charge in [0.2, 0.25) is 0 Å². The van der Waals surface area contributed by atoms with E-state index in [1.807, 2.05) is 45.0 Å². The van der Waals surface area contributed by atoms with E-state index in [2.05, 4.69) is 15.1 Å². The molecule has 1 aromatic heterocycles. The molecule has 4 rings (SSSR count). The van der Waals surface area contributed by atoms with Crippen LogP contribution >= 0.6 is 0 Å². The molecule has 1 aliphatic rings. The van der Waals surface area contributed by atoms with E-state index < -0.39 is 11.6 Å². The fourth-order valence-corrected chi connectivity index (χ4v) is 4.19. The normalized spacial score (nSPS) is 14.3. The van der Waals surface area contributed by atoms with Crippen LogP contribution in [-0.4, -0.2) is 56.4 Å². The molecule has 3 aromatic rings. The molecule has 2 aromatic carbocycles. The molecule has 1 fully saturated rings. The van der Waals surface area contributed by atoms with E-state index in [-0.39, 0.29) is 18.7 Å². The number of piperidine rings is 1. The third-order valence-corrected chi connectivity index (χ3v) is 5.93. The van der Waals surface area contributed by atoms with Gasteiger partial charge < -0.3 is 29.4 Å². The van der Waals surface area contributed by atoms with E-state index in [0.29, 0.717) is 42.2 Å². The van der Waals surface area contributed by atoms with Crippen LogP contribution in [0, 0.1) is 6.57 Å². The van der Waals surface area contributed by atoms with Gasteiger partial charge in [0.1, 0.15) is 29.8 Å². The van der Waals surface area contributed by atoms with Crippen molar-refractivity contribution < 1.29 is 24.2 Å². The highest BCUT2D eigenvalue weighted by molar-refractivity contribution is 5.82. The standard InChI is InChI=1S/C27H31N5O5/c1-27(2,3)37-26(35)31-13-11-21(12-14-31)36-20-8-5-18(6-9-20)29-16-24-30-22-15-19(28-4)7-10-23(22)32(24)17-25(33)34/h5-10,15,21,29H,11-14,16-17H2,1-3H3,(H,33,34). The Labute approximate surface area is 215 Å². The summed E-state index contributed by atoms with van der Waals surface area (Å²) in [7, 11) is 0. The first-order valence-electron chi connectivity index (χ1n) is 12.2. The van der Waals surface area contributed by atoms with Gasteiger partial charge in [-0.1, -0.05) is 6.07 Å². The number of rotatable bonds is 7. The van der Waals surface area contributed by atoms with Crippen LogP contribution < -0.4 is 10.1 Å². The Morgan fingerprint density at radius 3 is 2.49 bits per heavy atom. The molecule has 194 valence electrons. The predicted octanol–water partition coefficient (Wildman–Crippen LogP) is 5.06. The van der Waals surface area contributed by atoms with Crippen molar-refractivity contribution in [2.24, 2.45) is 0 Å². The molecule has 0 radical (unpaired) electrons. The molecular formula is C27H31N5O5. The number of imidazole rings is 1. The molecule has 2 N–H and O–H groups in total. The van der Waals surface area contributed by atoms with Crippen LogP contribution in [-0.2, 0) is 22.6 Å². The van der Waals surface area contributed by atoms with Crippen molar-refractivity contribution >= 4 is 34.5 Å². The number of aromatic nitrogens is 2. The molecule has 1 aliphatic heterocycles. The number of nitrogens with zero attached hydrogens (tertiary/aromatic N) is 4. The number of carboxylic acids is 1. The summed E-state index contributed by atoms with van der Waals surface area (Å²) in [4.78, 5) is 33.3. The van der Waals surface area contributed by atoms with Crippen molar-refractivity contribution in [3.05, 3.63) is 59.7 Å². The van der Waals surface area contributed by atoms with Crippen LogP contribution in [0.15, 0.2) is 42.5 Å². The number of ether oxygens (including phenoxy) is 2. The summed E-state index contributed by atoms with van der Waals surface area (Å²) in [5, 5.41) is 12.6. The van der Waals surface area contributed by atoms with Crippen molar-refractivity contribution in [1.82, 2.24) is 14.5 Å². The molecule has 2 heterocycles. The lowest BCUT2D eigenvalue weighted by Gasteiger charge is -2.33. The first-order valence-corrected chi connectivity index (χ1v) is 12.2. The number of carboxylic acid groups (broad SMARTS) is 1. The van der Waals surface area contributed by atoms with Crippen molar-refractivity contribution in [3.8, 4) is 5.75 Å². The molecule has 0 spiro atoms. The minimum atomic E-state index is -0.965. The number of fused-ring (bicyclic) bond motifs is 1. The fourth-order valence-electron chi connectivity index (χ4n) is 4.19. The van der Waals surface area contributed by atoms with Crippen LogP contribution in [0.4, 0.5) is 16.2 Å². The smallest absolute Gasteiger partial charge is 0.410 e. The SMILES string of the molecule is [C-]#[N+]c1ccc2c(c1)nc(CNc1ccc(OC3CCN(C(=O)OC(C)(C)C)CC3)cc1)n2CC(=O)O. The van der Waals surface area contributed by atoms with Crippen LogP contribution in [0.1, 0.15) is 39.4 Å². The molecule has 0 aliphatic carbocycles. The molecule has 0 saturated carbocycles. The number of aliphatic carboxylic acids is 1. The molecule has 1 amide bonds. The summed E-state index contributed by atoms with van der Waals surface area (Å²) in [5.41, 5.74) is 2.05. The van der Waals surface area contributed by atoms with Crippen LogP contribution in [0.3, 0.4) is 0 Å². The monoisotopic (exact) mass is 505 g/mol. The third kappa shape index (κ3) is 6.70. The molecule has 10 nitrogen and oxygen atoms in total. The highest BCUT2D eigenvalue weighted by atomic mass is 16.6. The number of nitrogens with one attached hydrogen (secondary N) is 1. The van der Waals surface area contributed by atoms with E-state index in [1.54, 1.807) is 27.7 Å². The van der Waals surface area contributed by atoms with Gasteiger partial charge in [-0.2, -0.15) is 0 Å². The second-order valence-corrected chi connectivity index (χ2v) is 9.96. The van der Waals surface area contributed by atoms with Gasteiger partial charge in [0.25, 0.3) is 0 Å². The van der Waals surface area contributed by atoms with Crippen molar-refractivity contribution in [2.45, 2.75) is 58.4 Å². The number of carbonyl (C=O) groups is 2. The summed E-state index contributed by atoms with van der Waals surface area (Å²) in [6.45, 7) is 14.1. The quantitative estimate of drug-likeness (QED) is 0.432. The lowest BCUT2D eigenvalue weighted by molar-refractivity contribution is -0.137. The largest absolute Gasteiger partial charge is 0.490 e. The maximum absolute atomic E-state index is 12.2. The zero-order valence-corrected chi connectivity index (χ0v) is 21.2. The number of benzene rings is 2. The molecule has 37 heavy (non-hydrogen) atoms. The molecule has 0 bridgehead atoms. The summed E-state index contributed by atoms with van der Waals surface area (Å²) in [6.07, 6.45) is 1.20. The van der Waals surface area contributed by atoms with Gasteiger partial charge in [0.15, 0.2) is 5.69 Å². The second kappa shape index (κ2) is 10.8. The number of hydrogen-bond acceptors (Lipinski definition) is 6. The molecule has 0 unspecified atom stereocenters. The lowest BCUT2D eigenvalue weighted by Crippen LogP contribution is -2.44. The number of hydrogen-bond donors (Lipinski definition) is 2. The van der Waals surface area contributed by atoms with Gasteiger partial charge in [-0.25, -0.2) is 14.6 Å². The summed E-state index contributed by atoms with van der Waals surface area (Å²) >= 11 is 0. The number of amides is 1. The van der Waals surface area contributed by atoms with Crippen LogP contribution in [0.2, 0.25) is 0 Å². The van der Waals surface area contributed by atoms with Gasteiger partial charge in [-0.15, -0.1) is 0 Å². The van der Waals surface area contributed by atoms with Crippen molar-refractivity contribution in [3.63, 3.8) is 0 Å². The Hall–Kier alpha value is -4.26. The van der Waals surface area contributed by atoms with E-state index in [0.717, 1.165) is 24.3 Å². The Morgan fingerprint density at radius 2 is 1.86 bits per heavy atom. The summed E-state index contributed by atoms with van der Waals surface area (Å²) in [6, 6.07) is 12.6. The van der Waals surface area contributed by atoms with Gasteiger partial charge in [-0.3, -0.25) is 4.79 Å². The second-order valence-electron chi connectivity index (χ2n) is 9.96. The van der Waals surface area contributed by atoms with Crippen LogP contribution in [0.25, 0.3) is 15.9 Å². The average Bonchev–Trinajstić information content (AvgIpc) is 3.18. The third-order valence-electron chi connectivity index (χ3n) is 5.93. The number of carbonyl (C=O) groups excluding carboxylic acids is 1. The maximum atomic E-state index is 12.2. The Bertz CT molecular complexity index is 1310. The van der Waals surface area contributed by atoms with Gasteiger partial charge >= 0.3 is 12.1 Å². The zero-order chi connectivity index (χ0) is 26.6. The molecule has 0 atom stereocenters. The Kier molecular flexibility index (Phi) is 7.53. The summed E-state index contributed by atoms with van der Waals surface area (Å²) < 4.78 is 13.2. The lowest BCUT2D eigenvalue weighted by atomic mass is 10.1. The molecule has 1 saturated heterocycles. The molecular weight excluding hydrogens is 474 g/mol. The van der Waals surface area contributed by atoms with Crippen molar-refractivity contribution in [1.29, 1.82) is 0 Å². The summed E-state index contributed by atoms with van der Waals surface area (Å²) in [5.74, 6) is 0.343. The van der Waals surface area contributed by atoms with E-state index in [4.69, 9.17) is 16.0 Å². The van der Waals surface area contributed by atoms with E-state index >= 15 is 0 Å². The Morgan fingerprint density at radius 1 is 1.16 bits per heavy atom. The van der Waals surface area contributed by atoms with Gasteiger partial charge in [-0.05, 0) is 57.2 Å². The zero-order valence-electron chi connectivity index (χ0n) is 21.2. The molecule has 10 heteroatoms. The first-order chi connectivity index (χ1) is 17.6. The first kappa shape index (κ1) is 25.8.